The van der Waals surface area contributed by atoms with E-state index in [1.807, 2.05) is 49.4 Å². The summed E-state index contributed by atoms with van der Waals surface area (Å²) < 4.78 is 17.0. The van der Waals surface area contributed by atoms with Crippen molar-refractivity contribution in [2.45, 2.75) is 6.92 Å². The second-order valence-electron chi connectivity index (χ2n) is 5.04. The summed E-state index contributed by atoms with van der Waals surface area (Å²) in [7, 11) is 0. The molecule has 2 heterocycles. The number of ether oxygens (including phenoxy) is 3. The van der Waals surface area contributed by atoms with Crippen molar-refractivity contribution < 1.29 is 14.2 Å². The summed E-state index contributed by atoms with van der Waals surface area (Å²) in [4.78, 5) is 0. The number of hydrogen-bond donors (Lipinski definition) is 0. The molecular formula is C17H14N2O3. The molecule has 5 heteroatoms. The molecule has 22 heavy (non-hydrogen) atoms. The molecule has 0 bridgehead atoms. The molecule has 0 fully saturated rings. The molecule has 0 aliphatic carbocycles. The van der Waals surface area contributed by atoms with E-state index in [0.29, 0.717) is 30.6 Å². The van der Waals surface area contributed by atoms with E-state index >= 15 is 0 Å². The zero-order chi connectivity index (χ0) is 14.9. The van der Waals surface area contributed by atoms with Crippen molar-refractivity contribution in [3.05, 3.63) is 48.2 Å². The van der Waals surface area contributed by atoms with Crippen molar-refractivity contribution in [3.8, 4) is 23.1 Å². The fourth-order valence-electron chi connectivity index (χ4n) is 2.49. The maximum Gasteiger partial charge on any atom is 0.246 e. The number of hydrogen-bond acceptors (Lipinski definition) is 5. The van der Waals surface area contributed by atoms with Gasteiger partial charge in [-0.25, -0.2) is 0 Å². The van der Waals surface area contributed by atoms with Crippen LogP contribution in [-0.4, -0.2) is 23.4 Å². The van der Waals surface area contributed by atoms with Crippen LogP contribution in [0, 0.1) is 6.92 Å². The molecule has 0 saturated heterocycles. The maximum absolute atomic E-state index is 5.90. The van der Waals surface area contributed by atoms with E-state index in [0.717, 1.165) is 22.2 Å². The van der Waals surface area contributed by atoms with Gasteiger partial charge < -0.3 is 14.2 Å². The summed E-state index contributed by atoms with van der Waals surface area (Å²) >= 11 is 0. The minimum absolute atomic E-state index is 0.484. The minimum Gasteiger partial charge on any atom is -0.486 e. The van der Waals surface area contributed by atoms with Gasteiger partial charge in [0.15, 0.2) is 11.5 Å². The average Bonchev–Trinajstić information content (AvgIpc) is 2.58. The third-order valence-electron chi connectivity index (χ3n) is 3.57. The fourth-order valence-corrected chi connectivity index (χ4v) is 2.49. The van der Waals surface area contributed by atoms with E-state index in [9.17, 15) is 0 Å². The Balaban J connectivity index is 1.73. The molecule has 1 aliphatic heterocycles. The van der Waals surface area contributed by atoms with Crippen LogP contribution in [0.25, 0.3) is 10.8 Å². The van der Waals surface area contributed by atoms with Gasteiger partial charge in [-0.2, -0.15) is 5.10 Å². The highest BCUT2D eigenvalue weighted by molar-refractivity contribution is 5.88. The lowest BCUT2D eigenvalue weighted by Crippen LogP contribution is -2.15. The van der Waals surface area contributed by atoms with Crippen LogP contribution in [0.4, 0.5) is 0 Å². The van der Waals surface area contributed by atoms with Crippen LogP contribution in [0.1, 0.15) is 5.69 Å². The van der Waals surface area contributed by atoms with Gasteiger partial charge >= 0.3 is 0 Å². The highest BCUT2D eigenvalue weighted by Crippen LogP contribution is 2.36. The van der Waals surface area contributed by atoms with Gasteiger partial charge in [0.1, 0.15) is 19.0 Å². The zero-order valence-corrected chi connectivity index (χ0v) is 12.1. The van der Waals surface area contributed by atoms with Crippen molar-refractivity contribution in [2.75, 3.05) is 13.2 Å². The van der Waals surface area contributed by atoms with Gasteiger partial charge in [0.05, 0.1) is 5.69 Å². The molecule has 0 N–H and O–H groups in total. The van der Waals surface area contributed by atoms with Crippen LogP contribution < -0.4 is 14.2 Å². The summed E-state index contributed by atoms with van der Waals surface area (Å²) in [5.41, 5.74) is 0.880. The van der Waals surface area contributed by atoms with Gasteiger partial charge in [-0.15, -0.1) is 5.10 Å². The first-order chi connectivity index (χ1) is 10.8. The Morgan fingerprint density at radius 1 is 0.909 bits per heavy atom. The van der Waals surface area contributed by atoms with Crippen LogP contribution in [0.2, 0.25) is 0 Å². The standard InChI is InChI=1S/C17H14N2O3/c1-11-13-4-2-3-5-14(13)17(19-18-11)22-12-6-7-15-16(10-12)21-9-8-20-15/h2-7,10H,8-9H2,1H3. The Morgan fingerprint density at radius 2 is 1.68 bits per heavy atom. The molecule has 4 rings (SSSR count). The van der Waals surface area contributed by atoms with Crippen molar-refractivity contribution in [2.24, 2.45) is 0 Å². The first-order valence-electron chi connectivity index (χ1n) is 7.11. The molecule has 5 nitrogen and oxygen atoms in total. The Morgan fingerprint density at radius 3 is 2.55 bits per heavy atom. The average molecular weight is 294 g/mol. The lowest BCUT2D eigenvalue weighted by atomic mass is 10.1. The van der Waals surface area contributed by atoms with Crippen molar-refractivity contribution in [3.63, 3.8) is 0 Å². The first-order valence-corrected chi connectivity index (χ1v) is 7.11. The molecule has 1 aromatic heterocycles. The monoisotopic (exact) mass is 294 g/mol. The van der Waals surface area contributed by atoms with Gasteiger partial charge in [-0.1, -0.05) is 18.2 Å². The highest BCUT2D eigenvalue weighted by atomic mass is 16.6. The van der Waals surface area contributed by atoms with Crippen LogP contribution in [0.15, 0.2) is 42.5 Å². The lowest BCUT2D eigenvalue weighted by Gasteiger charge is -2.18. The molecule has 0 saturated carbocycles. The van der Waals surface area contributed by atoms with Crippen molar-refractivity contribution in [1.29, 1.82) is 0 Å². The van der Waals surface area contributed by atoms with E-state index in [-0.39, 0.29) is 0 Å². The largest absolute Gasteiger partial charge is 0.486 e. The third kappa shape index (κ3) is 2.20. The molecule has 0 atom stereocenters. The van der Waals surface area contributed by atoms with Gasteiger partial charge in [-0.3, -0.25) is 0 Å². The predicted octanol–water partition coefficient (Wildman–Crippen LogP) is 3.50. The SMILES string of the molecule is Cc1nnc(Oc2ccc3c(c2)OCCO3)c2ccccc12. The second kappa shape index (κ2) is 5.18. The molecule has 0 radical (unpaired) electrons. The van der Waals surface area contributed by atoms with Crippen LogP contribution >= 0.6 is 0 Å². The van der Waals surface area contributed by atoms with Crippen LogP contribution in [-0.2, 0) is 0 Å². The normalized spacial score (nSPS) is 13.1. The molecule has 0 unspecified atom stereocenters. The Bertz CT molecular complexity index is 848. The quantitative estimate of drug-likeness (QED) is 0.724. The number of nitrogens with zero attached hydrogens (tertiary/aromatic N) is 2. The summed E-state index contributed by atoms with van der Waals surface area (Å²) in [5, 5.41) is 10.3. The Labute approximate surface area is 127 Å². The molecule has 1 aliphatic rings. The summed E-state index contributed by atoms with van der Waals surface area (Å²) in [6, 6.07) is 13.4. The van der Waals surface area contributed by atoms with E-state index in [2.05, 4.69) is 10.2 Å². The molecule has 0 amide bonds. The van der Waals surface area contributed by atoms with Crippen molar-refractivity contribution >= 4 is 10.8 Å². The van der Waals surface area contributed by atoms with E-state index in [1.54, 1.807) is 0 Å². The minimum atomic E-state index is 0.484. The molecule has 110 valence electrons. The lowest BCUT2D eigenvalue weighted by molar-refractivity contribution is 0.171. The van der Waals surface area contributed by atoms with Gasteiger partial charge in [0.25, 0.3) is 0 Å². The zero-order valence-electron chi connectivity index (χ0n) is 12.1. The summed E-state index contributed by atoms with van der Waals surface area (Å²) in [5.74, 6) is 2.55. The van der Waals surface area contributed by atoms with Gasteiger partial charge in [0, 0.05) is 16.8 Å². The summed E-state index contributed by atoms with van der Waals surface area (Å²) in [6.07, 6.45) is 0. The maximum atomic E-state index is 5.90. The van der Waals surface area contributed by atoms with Crippen molar-refractivity contribution in [1.82, 2.24) is 10.2 Å². The smallest absolute Gasteiger partial charge is 0.246 e. The number of aromatic nitrogens is 2. The van der Waals surface area contributed by atoms with Crippen LogP contribution in [0.5, 0.6) is 23.1 Å². The number of fused-ring (bicyclic) bond motifs is 2. The molecule has 3 aromatic rings. The first kappa shape index (κ1) is 12.9. The van der Waals surface area contributed by atoms with E-state index in [1.165, 1.54) is 0 Å². The fraction of sp³-hybridized carbons (Fsp3) is 0.176. The van der Waals surface area contributed by atoms with Gasteiger partial charge in [0.2, 0.25) is 5.88 Å². The third-order valence-corrected chi connectivity index (χ3v) is 3.57. The van der Waals surface area contributed by atoms with E-state index in [4.69, 9.17) is 14.2 Å². The topological polar surface area (TPSA) is 53.5 Å². The van der Waals surface area contributed by atoms with Gasteiger partial charge in [-0.05, 0) is 25.1 Å². The number of rotatable bonds is 2. The molecule has 0 spiro atoms. The Hall–Kier alpha value is -2.82. The van der Waals surface area contributed by atoms with E-state index < -0.39 is 0 Å². The predicted molar refractivity (Wildman–Crippen MR) is 81.8 cm³/mol. The summed E-state index contributed by atoms with van der Waals surface area (Å²) in [6.45, 7) is 3.05. The number of benzene rings is 2. The Kier molecular flexibility index (Phi) is 3.04. The second-order valence-corrected chi connectivity index (χ2v) is 5.04. The molecular weight excluding hydrogens is 280 g/mol. The highest BCUT2D eigenvalue weighted by Gasteiger charge is 2.14. The molecule has 2 aromatic carbocycles. The number of aryl methyl sites for hydroxylation is 1. The van der Waals surface area contributed by atoms with Crippen LogP contribution in [0.3, 0.4) is 0 Å².